The zero-order valence-electron chi connectivity index (χ0n) is 8.77. The molecule has 80 valence electrons. The Morgan fingerprint density at radius 1 is 1.53 bits per heavy atom. The second-order valence-corrected chi connectivity index (χ2v) is 3.17. The molecular formula is C11H13NO3. The molecule has 4 nitrogen and oxygen atoms in total. The lowest BCUT2D eigenvalue weighted by Gasteiger charge is -2.03. The van der Waals surface area contributed by atoms with Crippen molar-refractivity contribution in [2.75, 3.05) is 7.11 Å². The summed E-state index contributed by atoms with van der Waals surface area (Å²) < 4.78 is 5.01. The number of hydrogen-bond donors (Lipinski definition) is 0. The third-order valence-electron chi connectivity index (χ3n) is 2.01. The van der Waals surface area contributed by atoms with Gasteiger partial charge in [-0.1, -0.05) is 24.3 Å². The second-order valence-electron chi connectivity index (χ2n) is 3.17. The Labute approximate surface area is 88.3 Å². The maximum absolute atomic E-state index is 10.5. The van der Waals surface area contributed by atoms with Crippen LogP contribution in [0.1, 0.15) is 18.1 Å². The molecule has 1 rings (SSSR count). The molecule has 0 unspecified atom stereocenters. The van der Waals surface area contributed by atoms with Crippen LogP contribution in [0, 0.1) is 10.1 Å². The van der Waals surface area contributed by atoms with Crippen LogP contribution in [0.2, 0.25) is 0 Å². The highest BCUT2D eigenvalue weighted by atomic mass is 16.6. The predicted octanol–water partition coefficient (Wildman–Crippen LogP) is 2.47. The molecule has 0 aliphatic heterocycles. The Bertz CT molecular complexity index is 385. The summed E-state index contributed by atoms with van der Waals surface area (Å²) in [6.45, 7) is 1.93. The van der Waals surface area contributed by atoms with Gasteiger partial charge in [-0.15, -0.1) is 0 Å². The summed E-state index contributed by atoms with van der Waals surface area (Å²) in [6.07, 6.45) is 1.55. The van der Waals surface area contributed by atoms with Gasteiger partial charge in [-0.3, -0.25) is 10.1 Å². The van der Waals surface area contributed by atoms with Crippen molar-refractivity contribution in [1.82, 2.24) is 0 Å². The molecule has 1 aromatic carbocycles. The van der Waals surface area contributed by atoms with Crippen LogP contribution in [0.25, 0.3) is 6.08 Å². The lowest BCUT2D eigenvalue weighted by Crippen LogP contribution is -1.96. The zero-order chi connectivity index (χ0) is 11.3. The molecule has 15 heavy (non-hydrogen) atoms. The Morgan fingerprint density at radius 2 is 2.20 bits per heavy atom. The van der Waals surface area contributed by atoms with E-state index in [2.05, 4.69) is 0 Å². The van der Waals surface area contributed by atoms with Gasteiger partial charge in [0.1, 0.15) is 0 Å². The minimum atomic E-state index is -0.399. The minimum Gasteiger partial charge on any atom is -0.380 e. The summed E-state index contributed by atoms with van der Waals surface area (Å²) in [5.41, 5.74) is 1.90. The Hall–Kier alpha value is -1.68. The first kappa shape index (κ1) is 11.4. The van der Waals surface area contributed by atoms with Gasteiger partial charge < -0.3 is 4.74 Å². The van der Waals surface area contributed by atoms with E-state index in [0.29, 0.717) is 6.61 Å². The van der Waals surface area contributed by atoms with E-state index in [0.717, 1.165) is 11.1 Å². The first-order valence-corrected chi connectivity index (χ1v) is 4.54. The number of benzene rings is 1. The fourth-order valence-corrected chi connectivity index (χ4v) is 1.24. The van der Waals surface area contributed by atoms with Gasteiger partial charge in [-0.05, 0) is 11.1 Å². The number of nitrogens with zero attached hydrogens (tertiary/aromatic N) is 1. The van der Waals surface area contributed by atoms with Gasteiger partial charge in [0.05, 0.1) is 11.5 Å². The van der Waals surface area contributed by atoms with Gasteiger partial charge >= 0.3 is 0 Å². The van der Waals surface area contributed by atoms with E-state index in [1.54, 1.807) is 13.2 Å². The van der Waals surface area contributed by atoms with E-state index in [4.69, 9.17) is 4.74 Å². The Morgan fingerprint density at radius 3 is 2.80 bits per heavy atom. The average molecular weight is 207 g/mol. The van der Waals surface area contributed by atoms with Crippen molar-refractivity contribution < 1.29 is 9.66 Å². The molecule has 0 aliphatic carbocycles. The molecule has 4 heteroatoms. The normalized spacial score (nSPS) is 11.5. The summed E-state index contributed by atoms with van der Waals surface area (Å²) in [6, 6.07) is 7.45. The first-order chi connectivity index (χ1) is 7.15. The monoisotopic (exact) mass is 207 g/mol. The van der Waals surface area contributed by atoms with Gasteiger partial charge in [0.2, 0.25) is 5.70 Å². The number of rotatable bonds is 4. The SMILES string of the molecule is COCc1ccccc1C=C(C)[N+](=O)[O-]. The van der Waals surface area contributed by atoms with Gasteiger partial charge in [-0.25, -0.2) is 0 Å². The van der Waals surface area contributed by atoms with E-state index in [1.807, 2.05) is 24.3 Å². The number of hydrogen-bond acceptors (Lipinski definition) is 3. The molecule has 0 fully saturated rings. The van der Waals surface area contributed by atoms with Crippen LogP contribution < -0.4 is 0 Å². The smallest absolute Gasteiger partial charge is 0.243 e. The first-order valence-electron chi connectivity index (χ1n) is 4.54. The van der Waals surface area contributed by atoms with Gasteiger partial charge in [-0.2, -0.15) is 0 Å². The molecular weight excluding hydrogens is 194 g/mol. The van der Waals surface area contributed by atoms with Crippen LogP contribution in [0.15, 0.2) is 30.0 Å². The summed E-state index contributed by atoms with van der Waals surface area (Å²) in [5.74, 6) is 0. The second kappa shape index (κ2) is 5.26. The van der Waals surface area contributed by atoms with Crippen LogP contribution in [0.3, 0.4) is 0 Å². The van der Waals surface area contributed by atoms with Crippen LogP contribution in [-0.4, -0.2) is 12.0 Å². The van der Waals surface area contributed by atoms with Crippen molar-refractivity contribution in [3.05, 3.63) is 51.2 Å². The van der Waals surface area contributed by atoms with Gasteiger partial charge in [0.25, 0.3) is 0 Å². The molecule has 0 aromatic heterocycles. The van der Waals surface area contributed by atoms with E-state index in [1.165, 1.54) is 6.92 Å². The fraction of sp³-hybridized carbons (Fsp3) is 0.273. The molecule has 0 aliphatic rings. The number of allylic oxidation sites excluding steroid dienone is 1. The summed E-state index contributed by atoms with van der Waals surface area (Å²) in [5, 5.41) is 10.5. The van der Waals surface area contributed by atoms with Crippen molar-refractivity contribution in [2.24, 2.45) is 0 Å². The third-order valence-corrected chi connectivity index (χ3v) is 2.01. The average Bonchev–Trinajstić information content (AvgIpc) is 2.21. The largest absolute Gasteiger partial charge is 0.380 e. The van der Waals surface area contributed by atoms with Gasteiger partial charge in [0, 0.05) is 20.1 Å². The van der Waals surface area contributed by atoms with Crippen molar-refractivity contribution in [1.29, 1.82) is 0 Å². The fourth-order valence-electron chi connectivity index (χ4n) is 1.24. The molecule has 0 atom stereocenters. The molecule has 0 amide bonds. The summed E-state index contributed by atoms with van der Waals surface area (Å²) in [4.78, 5) is 10.1. The van der Waals surface area contributed by atoms with Crippen LogP contribution >= 0.6 is 0 Å². The lowest BCUT2D eigenvalue weighted by atomic mass is 10.1. The molecule has 0 radical (unpaired) electrons. The van der Waals surface area contributed by atoms with Crippen molar-refractivity contribution in [2.45, 2.75) is 13.5 Å². The van der Waals surface area contributed by atoms with Crippen molar-refractivity contribution in [3.63, 3.8) is 0 Å². The number of methoxy groups -OCH3 is 1. The van der Waals surface area contributed by atoms with Crippen molar-refractivity contribution in [3.8, 4) is 0 Å². The van der Waals surface area contributed by atoms with Crippen molar-refractivity contribution >= 4 is 6.08 Å². The minimum absolute atomic E-state index is 0.124. The molecule has 0 saturated carbocycles. The Balaban J connectivity index is 3.03. The van der Waals surface area contributed by atoms with Crippen LogP contribution in [-0.2, 0) is 11.3 Å². The maximum Gasteiger partial charge on any atom is 0.243 e. The third kappa shape index (κ3) is 3.18. The van der Waals surface area contributed by atoms with Crippen LogP contribution in [0.5, 0.6) is 0 Å². The Kier molecular flexibility index (Phi) is 4.00. The molecule has 0 saturated heterocycles. The molecule has 1 aromatic rings. The van der Waals surface area contributed by atoms with E-state index in [9.17, 15) is 10.1 Å². The molecule has 0 N–H and O–H groups in total. The lowest BCUT2D eigenvalue weighted by molar-refractivity contribution is -0.422. The number of ether oxygens (including phenoxy) is 1. The van der Waals surface area contributed by atoms with E-state index in [-0.39, 0.29) is 5.70 Å². The van der Waals surface area contributed by atoms with Crippen LogP contribution in [0.4, 0.5) is 0 Å². The highest BCUT2D eigenvalue weighted by Crippen LogP contribution is 2.14. The zero-order valence-corrected chi connectivity index (χ0v) is 8.77. The summed E-state index contributed by atoms with van der Waals surface area (Å²) >= 11 is 0. The van der Waals surface area contributed by atoms with E-state index >= 15 is 0 Å². The standard InChI is InChI=1S/C11H13NO3/c1-9(12(13)14)7-10-5-3-4-6-11(10)8-15-2/h3-7H,8H2,1-2H3. The highest BCUT2D eigenvalue weighted by molar-refractivity contribution is 5.54. The number of nitro groups is 1. The topological polar surface area (TPSA) is 52.4 Å². The van der Waals surface area contributed by atoms with E-state index < -0.39 is 4.92 Å². The van der Waals surface area contributed by atoms with Gasteiger partial charge in [0.15, 0.2) is 0 Å². The molecule has 0 heterocycles. The molecule has 0 spiro atoms. The predicted molar refractivity (Wildman–Crippen MR) is 57.8 cm³/mol. The maximum atomic E-state index is 10.5. The highest BCUT2D eigenvalue weighted by Gasteiger charge is 2.05. The quantitative estimate of drug-likeness (QED) is 0.563. The molecule has 0 bridgehead atoms. The summed E-state index contributed by atoms with van der Waals surface area (Å²) in [7, 11) is 1.60.